The number of halogens is 3. The maximum Gasteiger partial charge on any atom is 0.419 e. The number of nitrogens with two attached hydrogens (primary N) is 1. The fourth-order valence-electron chi connectivity index (χ4n) is 7.22. The van der Waals surface area contributed by atoms with Crippen LogP contribution in [-0.4, -0.2) is 59.2 Å². The summed E-state index contributed by atoms with van der Waals surface area (Å²) in [6.07, 6.45) is -0.854. The predicted octanol–water partition coefficient (Wildman–Crippen LogP) is 4.43. The molecule has 2 bridgehead atoms. The van der Waals surface area contributed by atoms with Gasteiger partial charge in [0.1, 0.15) is 5.82 Å². The fraction of sp³-hybridized carbons (Fsp3) is 0.720. The molecule has 2 heterocycles. The summed E-state index contributed by atoms with van der Waals surface area (Å²) in [4.78, 5) is 11.4. The highest BCUT2D eigenvalue weighted by Crippen LogP contribution is 2.99. The Morgan fingerprint density at radius 2 is 2.18 bits per heavy atom. The highest BCUT2D eigenvalue weighted by Gasteiger charge is 2.99. The van der Waals surface area contributed by atoms with Gasteiger partial charge < -0.3 is 15.9 Å². The minimum Gasteiger partial charge on any atom is -0.383 e. The van der Waals surface area contributed by atoms with E-state index in [1.165, 1.54) is 6.20 Å². The van der Waals surface area contributed by atoms with Crippen LogP contribution in [0.3, 0.4) is 0 Å². The number of hydrogen-bond acceptors (Lipinski definition) is 6. The summed E-state index contributed by atoms with van der Waals surface area (Å²) >= 11 is 0. The highest BCUT2D eigenvalue weighted by atomic mass is 19.4. The first kappa shape index (κ1) is 23.7. The third kappa shape index (κ3) is 3.33. The zero-order valence-corrected chi connectivity index (χ0v) is 20.2. The Labute approximate surface area is 198 Å². The summed E-state index contributed by atoms with van der Waals surface area (Å²) in [6.45, 7) is 11.2. The molecule has 186 valence electrons. The van der Waals surface area contributed by atoms with E-state index in [9.17, 15) is 13.2 Å². The fourth-order valence-corrected chi connectivity index (χ4v) is 7.22. The van der Waals surface area contributed by atoms with Crippen molar-refractivity contribution < 1.29 is 17.9 Å². The van der Waals surface area contributed by atoms with E-state index >= 15 is 0 Å². The lowest BCUT2D eigenvalue weighted by Gasteiger charge is -2.35. The van der Waals surface area contributed by atoms with Crippen LogP contribution in [0, 0.1) is 28.1 Å². The second-order valence-corrected chi connectivity index (χ2v) is 10.9. The molecule has 0 amide bonds. The minimum absolute atomic E-state index is 0.0109. The van der Waals surface area contributed by atoms with Crippen LogP contribution in [0.5, 0.6) is 0 Å². The number of nitrogen functional groups attached to an aromatic ring is 1. The molecule has 3 N–H and O–H groups in total. The lowest BCUT2D eigenvalue weighted by Crippen LogP contribution is -2.46. The average molecular weight is 478 g/mol. The van der Waals surface area contributed by atoms with Crippen LogP contribution in [0.25, 0.3) is 0 Å². The Morgan fingerprint density at radius 1 is 1.44 bits per heavy atom. The van der Waals surface area contributed by atoms with Crippen molar-refractivity contribution >= 4 is 17.2 Å². The molecule has 1 aromatic heterocycles. The summed E-state index contributed by atoms with van der Waals surface area (Å²) in [5.41, 5.74) is 5.91. The van der Waals surface area contributed by atoms with Gasteiger partial charge >= 0.3 is 6.18 Å². The van der Waals surface area contributed by atoms with Crippen LogP contribution in [0.4, 0.5) is 19.0 Å². The van der Waals surface area contributed by atoms with Crippen molar-refractivity contribution in [1.29, 1.82) is 5.41 Å². The Balaban J connectivity index is 1.41. The molecule has 34 heavy (non-hydrogen) atoms. The molecule has 0 aromatic carbocycles. The third-order valence-corrected chi connectivity index (χ3v) is 8.96. The molecule has 0 radical (unpaired) electrons. The number of anilines is 1. The van der Waals surface area contributed by atoms with Crippen molar-refractivity contribution in [3.05, 3.63) is 23.4 Å². The summed E-state index contributed by atoms with van der Waals surface area (Å²) < 4.78 is 45.8. The molecule has 1 aliphatic heterocycles. The van der Waals surface area contributed by atoms with Crippen molar-refractivity contribution in [2.45, 2.75) is 71.3 Å². The van der Waals surface area contributed by atoms with E-state index < -0.39 is 17.6 Å². The molecular weight excluding hydrogens is 443 g/mol. The van der Waals surface area contributed by atoms with Crippen LogP contribution in [0.1, 0.15) is 58.1 Å². The molecule has 7 unspecified atom stereocenters. The van der Waals surface area contributed by atoms with E-state index in [1.807, 2.05) is 0 Å². The van der Waals surface area contributed by atoms with Crippen LogP contribution >= 0.6 is 0 Å². The quantitative estimate of drug-likeness (QED) is 0.569. The minimum atomic E-state index is -4.60. The number of fused-ring (bicyclic) bond motifs is 1. The average Bonchev–Trinajstić information content (AvgIpc) is 3.53. The number of nitrogens with one attached hydrogen (secondary N) is 1. The van der Waals surface area contributed by atoms with Gasteiger partial charge in [-0.3, -0.25) is 9.89 Å². The van der Waals surface area contributed by atoms with E-state index in [1.54, 1.807) is 0 Å². The SMILES string of the molecule is CCC(C)N=C(CC(=N)c1cnc(N)c(C(F)(F)F)c1)C12C3C(N4CCOC(C)C4)CC1(C)C32. The molecule has 7 atom stereocenters. The Kier molecular flexibility index (Phi) is 5.41. The normalized spacial score (nSPS) is 37.9. The van der Waals surface area contributed by atoms with Crippen LogP contribution in [-0.2, 0) is 10.9 Å². The molecule has 6 rings (SSSR count). The van der Waals surface area contributed by atoms with Crippen molar-refractivity contribution in [3.8, 4) is 0 Å². The van der Waals surface area contributed by atoms with E-state index in [4.69, 9.17) is 20.9 Å². The van der Waals surface area contributed by atoms with Crippen molar-refractivity contribution in [2.24, 2.45) is 27.7 Å². The van der Waals surface area contributed by atoms with E-state index in [-0.39, 0.29) is 40.7 Å². The van der Waals surface area contributed by atoms with E-state index in [0.717, 1.165) is 44.3 Å². The Hall–Kier alpha value is -2.00. The van der Waals surface area contributed by atoms with Gasteiger partial charge in [-0.1, -0.05) is 13.8 Å². The molecular formula is C25H34F3N5O. The number of pyridine rings is 1. The summed E-state index contributed by atoms with van der Waals surface area (Å²) in [5.74, 6) is 0.524. The smallest absolute Gasteiger partial charge is 0.383 e. The van der Waals surface area contributed by atoms with Gasteiger partial charge in [-0.2, -0.15) is 13.2 Å². The number of alkyl halides is 3. The third-order valence-electron chi connectivity index (χ3n) is 8.96. The monoisotopic (exact) mass is 477 g/mol. The second-order valence-electron chi connectivity index (χ2n) is 10.9. The van der Waals surface area contributed by atoms with Gasteiger partial charge in [0, 0.05) is 60.2 Å². The lowest BCUT2D eigenvalue weighted by molar-refractivity contribution is -0.137. The Bertz CT molecular complexity index is 1040. The number of aliphatic imine (C=N–C) groups is 1. The zero-order valence-electron chi connectivity index (χ0n) is 20.2. The molecule has 6 nitrogen and oxygen atoms in total. The first-order valence-electron chi connectivity index (χ1n) is 12.3. The lowest BCUT2D eigenvalue weighted by atomic mass is 9.85. The van der Waals surface area contributed by atoms with Crippen LogP contribution < -0.4 is 5.73 Å². The topological polar surface area (TPSA) is 87.6 Å². The molecule has 0 spiro atoms. The summed E-state index contributed by atoms with van der Waals surface area (Å²) in [7, 11) is 0. The molecule has 4 saturated carbocycles. The Morgan fingerprint density at radius 3 is 2.79 bits per heavy atom. The van der Waals surface area contributed by atoms with Gasteiger partial charge in [-0.25, -0.2) is 4.98 Å². The standard InChI is InChI=1S/C25H34F3N5O/c1-5-13(2)32-19(9-17(29)15-8-16(25(26,27)28)22(30)31-11-15)24-20-18(10-23(24,4)21(20)24)33-6-7-34-14(3)12-33/h8,11,13-14,18,20-21,29H,5-7,9-10,12H2,1-4H3,(H2,30,31). The molecule has 4 aliphatic carbocycles. The van der Waals surface area contributed by atoms with Gasteiger partial charge in [-0.05, 0) is 50.0 Å². The van der Waals surface area contributed by atoms with Gasteiger partial charge in [-0.15, -0.1) is 0 Å². The van der Waals surface area contributed by atoms with Gasteiger partial charge in [0.2, 0.25) is 0 Å². The number of nitrogens with zero attached hydrogens (tertiary/aromatic N) is 3. The number of aromatic nitrogens is 1. The number of ether oxygens (including phenoxy) is 1. The molecule has 1 saturated heterocycles. The first-order valence-corrected chi connectivity index (χ1v) is 12.3. The summed E-state index contributed by atoms with van der Waals surface area (Å²) in [5, 5.41) is 8.69. The maximum atomic E-state index is 13.4. The van der Waals surface area contributed by atoms with Gasteiger partial charge in [0.15, 0.2) is 0 Å². The number of rotatable bonds is 7. The second kappa shape index (κ2) is 7.75. The van der Waals surface area contributed by atoms with E-state index in [0.29, 0.717) is 17.9 Å². The van der Waals surface area contributed by atoms with Crippen molar-refractivity contribution in [1.82, 2.24) is 9.88 Å². The maximum absolute atomic E-state index is 13.4. The van der Waals surface area contributed by atoms with Crippen LogP contribution in [0.2, 0.25) is 0 Å². The van der Waals surface area contributed by atoms with E-state index in [2.05, 4.69) is 37.6 Å². The first-order chi connectivity index (χ1) is 15.9. The molecule has 1 aromatic rings. The van der Waals surface area contributed by atoms with Crippen LogP contribution in [0.15, 0.2) is 17.3 Å². The number of hydrogen-bond donors (Lipinski definition) is 2. The molecule has 5 aliphatic rings. The molecule has 5 fully saturated rings. The largest absolute Gasteiger partial charge is 0.419 e. The van der Waals surface area contributed by atoms with Gasteiger partial charge in [0.05, 0.1) is 18.3 Å². The van der Waals surface area contributed by atoms with Crippen molar-refractivity contribution in [2.75, 3.05) is 25.4 Å². The van der Waals surface area contributed by atoms with Crippen molar-refractivity contribution in [3.63, 3.8) is 0 Å². The number of morpholine rings is 1. The highest BCUT2D eigenvalue weighted by molar-refractivity contribution is 6.16. The summed E-state index contributed by atoms with van der Waals surface area (Å²) in [6, 6.07) is 1.56. The molecule has 9 heteroatoms. The zero-order chi connectivity index (χ0) is 24.6. The van der Waals surface area contributed by atoms with Gasteiger partial charge in [0.25, 0.3) is 0 Å². The predicted molar refractivity (Wildman–Crippen MR) is 125 cm³/mol.